The number of hydrogen-bond acceptors (Lipinski definition) is 3. The highest BCUT2D eigenvalue weighted by Gasteiger charge is 2.29. The van der Waals surface area contributed by atoms with Gasteiger partial charge in [-0.15, -0.1) is 11.3 Å². The van der Waals surface area contributed by atoms with E-state index in [9.17, 15) is 0 Å². The number of aryl methyl sites for hydroxylation is 1. The molecular formula is C12H15N3S. The van der Waals surface area contributed by atoms with Crippen LogP contribution < -0.4 is 5.73 Å². The molecule has 0 atom stereocenters. The lowest BCUT2D eigenvalue weighted by atomic mass is 9.80. The summed E-state index contributed by atoms with van der Waals surface area (Å²) >= 11 is 1.76. The van der Waals surface area contributed by atoms with Gasteiger partial charge in [-0.3, -0.25) is 0 Å². The number of nitrogens with one attached hydrogen (secondary N) is 1. The van der Waals surface area contributed by atoms with Crippen molar-refractivity contribution in [2.45, 2.75) is 31.7 Å². The van der Waals surface area contributed by atoms with Gasteiger partial charge in [0.1, 0.15) is 5.82 Å². The molecule has 0 bridgehead atoms. The van der Waals surface area contributed by atoms with Crippen LogP contribution in [0.3, 0.4) is 0 Å². The van der Waals surface area contributed by atoms with Crippen LogP contribution in [-0.2, 0) is 0 Å². The zero-order valence-electron chi connectivity index (χ0n) is 9.23. The Morgan fingerprint density at radius 2 is 2.31 bits per heavy atom. The highest BCUT2D eigenvalue weighted by Crippen LogP contribution is 2.35. The molecule has 84 valence electrons. The van der Waals surface area contributed by atoms with E-state index >= 15 is 0 Å². The molecule has 1 fully saturated rings. The average molecular weight is 233 g/mol. The van der Waals surface area contributed by atoms with E-state index < -0.39 is 0 Å². The summed E-state index contributed by atoms with van der Waals surface area (Å²) in [7, 11) is 0. The minimum Gasteiger partial charge on any atom is -0.341 e. The van der Waals surface area contributed by atoms with Crippen molar-refractivity contribution >= 4 is 11.3 Å². The first-order valence-electron chi connectivity index (χ1n) is 5.59. The molecule has 0 aliphatic heterocycles. The molecule has 2 heterocycles. The number of aromatic nitrogens is 2. The molecular weight excluding hydrogens is 218 g/mol. The summed E-state index contributed by atoms with van der Waals surface area (Å²) in [5, 5.41) is 2.12. The van der Waals surface area contributed by atoms with Gasteiger partial charge in [0.2, 0.25) is 0 Å². The third-order valence-electron chi connectivity index (χ3n) is 3.26. The van der Waals surface area contributed by atoms with E-state index in [1.807, 2.05) is 6.20 Å². The number of nitrogens with zero attached hydrogens (tertiary/aromatic N) is 1. The predicted octanol–water partition coefficient (Wildman–Crippen LogP) is 2.65. The highest BCUT2D eigenvalue weighted by molar-refractivity contribution is 7.13. The first kappa shape index (κ1) is 10.1. The summed E-state index contributed by atoms with van der Waals surface area (Å²) in [4.78, 5) is 9.18. The van der Waals surface area contributed by atoms with E-state index in [4.69, 9.17) is 5.73 Å². The van der Waals surface area contributed by atoms with Gasteiger partial charge < -0.3 is 10.7 Å². The Morgan fingerprint density at radius 3 is 2.94 bits per heavy atom. The molecule has 2 aromatic heterocycles. The summed E-state index contributed by atoms with van der Waals surface area (Å²) < 4.78 is 0. The average Bonchev–Trinajstić information content (AvgIpc) is 2.81. The second kappa shape index (κ2) is 3.71. The molecule has 0 unspecified atom stereocenters. The zero-order valence-corrected chi connectivity index (χ0v) is 10.1. The van der Waals surface area contributed by atoms with Crippen molar-refractivity contribution in [1.29, 1.82) is 0 Å². The zero-order chi connectivity index (χ0) is 11.1. The Balaban J connectivity index is 1.86. The lowest BCUT2D eigenvalue weighted by molar-refractivity contribution is 0.340. The molecule has 1 saturated carbocycles. The van der Waals surface area contributed by atoms with Gasteiger partial charge in [0.05, 0.1) is 16.8 Å². The molecule has 0 radical (unpaired) electrons. The second-order valence-corrected chi connectivity index (χ2v) is 5.46. The Morgan fingerprint density at radius 1 is 1.50 bits per heavy atom. The van der Waals surface area contributed by atoms with Crippen molar-refractivity contribution in [3.63, 3.8) is 0 Å². The third-order valence-corrected chi connectivity index (χ3v) is 4.31. The van der Waals surface area contributed by atoms with Crippen molar-refractivity contribution in [1.82, 2.24) is 9.97 Å². The highest BCUT2D eigenvalue weighted by atomic mass is 32.1. The maximum absolute atomic E-state index is 5.79. The second-order valence-electron chi connectivity index (χ2n) is 4.54. The fourth-order valence-electron chi connectivity index (χ4n) is 2.19. The molecule has 1 aliphatic rings. The third kappa shape index (κ3) is 1.58. The minimum absolute atomic E-state index is 0.377. The van der Waals surface area contributed by atoms with Crippen LogP contribution in [0.25, 0.3) is 10.6 Å². The van der Waals surface area contributed by atoms with Crippen LogP contribution in [0.5, 0.6) is 0 Å². The van der Waals surface area contributed by atoms with Crippen LogP contribution >= 0.6 is 11.3 Å². The number of thiophene rings is 1. The molecule has 3 rings (SSSR count). The van der Waals surface area contributed by atoms with Crippen LogP contribution in [0, 0.1) is 6.92 Å². The molecule has 3 nitrogen and oxygen atoms in total. The van der Waals surface area contributed by atoms with Crippen LogP contribution in [0.2, 0.25) is 0 Å². The Labute approximate surface area is 98.7 Å². The quantitative estimate of drug-likeness (QED) is 0.837. The Bertz CT molecular complexity index is 494. The first-order valence-corrected chi connectivity index (χ1v) is 6.47. The van der Waals surface area contributed by atoms with Crippen LogP contribution in [0.4, 0.5) is 0 Å². The van der Waals surface area contributed by atoms with Crippen molar-refractivity contribution in [3.05, 3.63) is 29.0 Å². The number of imidazole rings is 1. The fraction of sp³-hybridized carbons (Fsp3) is 0.417. The monoisotopic (exact) mass is 233 g/mol. The molecule has 1 aliphatic carbocycles. The summed E-state index contributed by atoms with van der Waals surface area (Å²) in [5.74, 6) is 1.65. The van der Waals surface area contributed by atoms with Crippen molar-refractivity contribution < 1.29 is 0 Å². The van der Waals surface area contributed by atoms with Crippen LogP contribution in [-0.4, -0.2) is 16.0 Å². The van der Waals surface area contributed by atoms with E-state index in [0.29, 0.717) is 12.0 Å². The summed E-state index contributed by atoms with van der Waals surface area (Å²) in [6.45, 7) is 2.13. The van der Waals surface area contributed by atoms with Gasteiger partial charge in [0, 0.05) is 12.0 Å². The number of H-pyrrole nitrogens is 1. The standard InChI is InChI=1S/C12H15N3S/c1-7-2-3-16-11(7)10-6-14-12(15-10)8-4-9(13)5-8/h2-3,6,8-9H,4-5,13H2,1H3,(H,14,15). The molecule has 0 amide bonds. The lowest BCUT2D eigenvalue weighted by Crippen LogP contribution is -2.35. The maximum atomic E-state index is 5.79. The molecule has 3 N–H and O–H groups in total. The molecule has 0 saturated heterocycles. The van der Waals surface area contributed by atoms with E-state index in [-0.39, 0.29) is 0 Å². The molecule has 16 heavy (non-hydrogen) atoms. The minimum atomic E-state index is 0.377. The first-order chi connectivity index (χ1) is 7.74. The van der Waals surface area contributed by atoms with Gasteiger partial charge in [-0.2, -0.15) is 0 Å². The van der Waals surface area contributed by atoms with Gasteiger partial charge in [-0.1, -0.05) is 0 Å². The largest absolute Gasteiger partial charge is 0.341 e. The summed E-state index contributed by atoms with van der Waals surface area (Å²) in [5.41, 5.74) is 8.24. The van der Waals surface area contributed by atoms with Gasteiger partial charge in [0.15, 0.2) is 0 Å². The number of rotatable bonds is 2. The number of nitrogens with two attached hydrogens (primary N) is 1. The van der Waals surface area contributed by atoms with Gasteiger partial charge >= 0.3 is 0 Å². The Kier molecular flexibility index (Phi) is 2.33. The predicted molar refractivity (Wildman–Crippen MR) is 66.6 cm³/mol. The van der Waals surface area contributed by atoms with Gasteiger partial charge in [0.25, 0.3) is 0 Å². The van der Waals surface area contributed by atoms with Crippen molar-refractivity contribution in [3.8, 4) is 10.6 Å². The summed E-state index contributed by atoms with van der Waals surface area (Å²) in [6, 6.07) is 2.52. The smallest absolute Gasteiger partial charge is 0.109 e. The molecule has 4 heteroatoms. The van der Waals surface area contributed by atoms with Crippen LogP contribution in [0.1, 0.15) is 30.1 Å². The lowest BCUT2D eigenvalue weighted by Gasteiger charge is -2.30. The van der Waals surface area contributed by atoms with Crippen molar-refractivity contribution in [2.75, 3.05) is 0 Å². The van der Waals surface area contributed by atoms with Gasteiger partial charge in [-0.05, 0) is 36.8 Å². The fourth-order valence-corrected chi connectivity index (χ4v) is 3.09. The van der Waals surface area contributed by atoms with Gasteiger partial charge in [-0.25, -0.2) is 4.98 Å². The summed E-state index contributed by atoms with van der Waals surface area (Å²) in [6.07, 6.45) is 4.07. The van der Waals surface area contributed by atoms with E-state index in [1.54, 1.807) is 11.3 Å². The molecule has 0 spiro atoms. The van der Waals surface area contributed by atoms with Crippen molar-refractivity contribution in [2.24, 2.45) is 5.73 Å². The van der Waals surface area contributed by atoms with E-state index in [1.165, 1.54) is 10.4 Å². The normalized spacial score (nSPS) is 24.4. The number of hydrogen-bond donors (Lipinski definition) is 2. The maximum Gasteiger partial charge on any atom is 0.109 e. The van der Waals surface area contributed by atoms with E-state index in [0.717, 1.165) is 24.4 Å². The molecule has 0 aromatic carbocycles. The molecule has 2 aromatic rings. The Hall–Kier alpha value is -1.13. The van der Waals surface area contributed by atoms with Crippen LogP contribution in [0.15, 0.2) is 17.6 Å². The van der Waals surface area contributed by atoms with E-state index in [2.05, 4.69) is 28.3 Å². The SMILES string of the molecule is Cc1ccsc1-c1cnc(C2CC(N)C2)[nH]1. The topological polar surface area (TPSA) is 54.7 Å². The number of aromatic amines is 1.